The molecule has 110 valence electrons. The van der Waals surface area contributed by atoms with Crippen LogP contribution >= 0.6 is 11.8 Å². The van der Waals surface area contributed by atoms with Gasteiger partial charge in [-0.25, -0.2) is 4.79 Å². The van der Waals surface area contributed by atoms with Gasteiger partial charge >= 0.3 is 6.03 Å². The highest BCUT2D eigenvalue weighted by Crippen LogP contribution is 2.36. The van der Waals surface area contributed by atoms with E-state index in [-0.39, 0.29) is 0 Å². The second kappa shape index (κ2) is 7.25. The average molecular weight is 297 g/mol. The normalized spacial score (nSPS) is 13.1. The Morgan fingerprint density at radius 3 is 2.65 bits per heavy atom. The molecule has 0 aliphatic carbocycles. The fourth-order valence-corrected chi connectivity index (χ4v) is 2.56. The molecule has 1 aromatic rings. The molecule has 0 aromatic heterocycles. The van der Waals surface area contributed by atoms with Gasteiger partial charge in [0, 0.05) is 24.5 Å². The van der Waals surface area contributed by atoms with Crippen molar-refractivity contribution >= 4 is 17.8 Å². The number of amides is 2. The van der Waals surface area contributed by atoms with Crippen LogP contribution < -0.4 is 25.8 Å². The lowest BCUT2D eigenvalue weighted by Gasteiger charge is -2.21. The maximum atomic E-state index is 10.5. The topological polar surface area (TPSA) is 85.6 Å². The van der Waals surface area contributed by atoms with Gasteiger partial charge in [0.2, 0.25) is 0 Å². The van der Waals surface area contributed by atoms with Gasteiger partial charge in [-0.2, -0.15) is 0 Å². The molecule has 0 saturated heterocycles. The summed E-state index contributed by atoms with van der Waals surface area (Å²) in [6.07, 6.45) is 2.03. The van der Waals surface area contributed by atoms with Crippen molar-refractivity contribution in [1.29, 1.82) is 0 Å². The molecule has 20 heavy (non-hydrogen) atoms. The Morgan fingerprint density at radius 2 is 2.00 bits per heavy atom. The second-order valence-corrected chi connectivity index (χ2v) is 5.12. The first-order chi connectivity index (χ1) is 9.70. The molecular formula is C13H19N3O3S. The second-order valence-electron chi connectivity index (χ2n) is 4.28. The molecule has 1 aromatic carbocycles. The smallest absolute Gasteiger partial charge is 0.312 e. The van der Waals surface area contributed by atoms with Crippen LogP contribution in [0.5, 0.6) is 11.5 Å². The van der Waals surface area contributed by atoms with E-state index in [9.17, 15) is 4.79 Å². The number of carbonyl (C=O) groups is 1. The third-order valence-electron chi connectivity index (χ3n) is 2.86. The highest BCUT2D eigenvalue weighted by molar-refractivity contribution is 7.98. The Hall–Kier alpha value is -1.60. The molecule has 1 aliphatic rings. The predicted octanol–water partition coefficient (Wildman–Crippen LogP) is 0.938. The summed E-state index contributed by atoms with van der Waals surface area (Å²) in [5.74, 6) is 1.60. The van der Waals surface area contributed by atoms with Crippen LogP contribution in [0.3, 0.4) is 0 Å². The quantitative estimate of drug-likeness (QED) is 0.537. The van der Waals surface area contributed by atoms with Crippen molar-refractivity contribution in [3.8, 4) is 11.5 Å². The van der Waals surface area contributed by atoms with Crippen molar-refractivity contribution in [3.05, 3.63) is 17.7 Å². The summed E-state index contributed by atoms with van der Waals surface area (Å²) in [7, 11) is 0. The van der Waals surface area contributed by atoms with E-state index in [1.807, 2.05) is 18.4 Å². The molecule has 0 fully saturated rings. The van der Waals surface area contributed by atoms with Crippen LogP contribution in [0.1, 0.15) is 5.56 Å². The lowest BCUT2D eigenvalue weighted by molar-refractivity contribution is 0.171. The zero-order valence-corrected chi connectivity index (χ0v) is 12.2. The molecule has 6 nitrogen and oxygen atoms in total. The number of ether oxygens (including phenoxy) is 2. The molecule has 1 aliphatic heterocycles. The first-order valence-electron chi connectivity index (χ1n) is 6.41. The standard InChI is InChI=1S/C13H19N3O3S/c1-20-12-7-11-10(18-4-5-19-11)6-9(12)8-15-2-3-16-13(14)17/h6-7,15H,2-5,8H2,1H3,(H3,14,16,17). The van der Waals surface area contributed by atoms with Crippen LogP contribution in [0.4, 0.5) is 4.79 Å². The summed E-state index contributed by atoms with van der Waals surface area (Å²) < 4.78 is 11.2. The fourth-order valence-electron chi connectivity index (χ4n) is 1.94. The van der Waals surface area contributed by atoms with E-state index in [4.69, 9.17) is 15.2 Å². The molecule has 0 unspecified atom stereocenters. The number of nitrogens with two attached hydrogens (primary N) is 1. The number of fused-ring (bicyclic) bond motifs is 1. The molecule has 0 spiro atoms. The van der Waals surface area contributed by atoms with E-state index in [1.165, 1.54) is 0 Å². The number of thioether (sulfide) groups is 1. The minimum atomic E-state index is -0.504. The lowest BCUT2D eigenvalue weighted by Crippen LogP contribution is -2.35. The summed E-state index contributed by atoms with van der Waals surface area (Å²) in [6.45, 7) is 3.05. The fraction of sp³-hybridized carbons (Fsp3) is 0.462. The zero-order valence-electron chi connectivity index (χ0n) is 11.4. The Kier molecular flexibility index (Phi) is 5.37. The third-order valence-corrected chi connectivity index (χ3v) is 3.68. The summed E-state index contributed by atoms with van der Waals surface area (Å²) >= 11 is 1.67. The Bertz CT molecular complexity index is 482. The van der Waals surface area contributed by atoms with Crippen LogP contribution in [-0.4, -0.2) is 38.6 Å². The van der Waals surface area contributed by atoms with Crippen LogP contribution in [0, 0.1) is 0 Å². The van der Waals surface area contributed by atoms with Gasteiger partial charge in [0.05, 0.1) is 0 Å². The maximum absolute atomic E-state index is 10.5. The Balaban J connectivity index is 1.94. The van der Waals surface area contributed by atoms with Crippen LogP contribution in [0.25, 0.3) is 0 Å². The van der Waals surface area contributed by atoms with E-state index in [0.29, 0.717) is 32.8 Å². The van der Waals surface area contributed by atoms with Crippen LogP contribution in [0.2, 0.25) is 0 Å². The number of urea groups is 1. The van der Waals surface area contributed by atoms with Gasteiger partial charge in [-0.1, -0.05) is 0 Å². The number of benzene rings is 1. The number of hydrogen-bond donors (Lipinski definition) is 3. The van der Waals surface area contributed by atoms with E-state index >= 15 is 0 Å². The minimum Gasteiger partial charge on any atom is -0.486 e. The van der Waals surface area contributed by atoms with E-state index in [0.717, 1.165) is 22.0 Å². The summed E-state index contributed by atoms with van der Waals surface area (Å²) in [4.78, 5) is 11.7. The van der Waals surface area contributed by atoms with Gasteiger partial charge < -0.3 is 25.8 Å². The SMILES string of the molecule is CSc1cc2c(cc1CNCCNC(N)=O)OCCO2. The van der Waals surface area contributed by atoms with Crippen molar-refractivity contribution < 1.29 is 14.3 Å². The number of primary amides is 1. The number of carbonyl (C=O) groups excluding carboxylic acids is 1. The van der Waals surface area contributed by atoms with Crippen molar-refractivity contribution in [2.75, 3.05) is 32.6 Å². The van der Waals surface area contributed by atoms with E-state index in [1.54, 1.807) is 11.8 Å². The molecule has 0 radical (unpaired) electrons. The third kappa shape index (κ3) is 3.94. The van der Waals surface area contributed by atoms with Gasteiger partial charge in [0.15, 0.2) is 11.5 Å². The van der Waals surface area contributed by atoms with Crippen molar-refractivity contribution in [2.45, 2.75) is 11.4 Å². The van der Waals surface area contributed by atoms with E-state index < -0.39 is 6.03 Å². The van der Waals surface area contributed by atoms with Crippen LogP contribution in [0.15, 0.2) is 17.0 Å². The van der Waals surface area contributed by atoms with Gasteiger partial charge in [-0.15, -0.1) is 11.8 Å². The van der Waals surface area contributed by atoms with Gasteiger partial charge in [0.25, 0.3) is 0 Å². The first kappa shape index (κ1) is 14.8. The number of hydrogen-bond acceptors (Lipinski definition) is 5. The molecule has 0 bridgehead atoms. The monoisotopic (exact) mass is 297 g/mol. The minimum absolute atomic E-state index is 0.504. The summed E-state index contributed by atoms with van der Waals surface area (Å²) in [5.41, 5.74) is 6.15. The molecule has 0 saturated carbocycles. The first-order valence-corrected chi connectivity index (χ1v) is 7.63. The zero-order chi connectivity index (χ0) is 14.4. The number of nitrogens with one attached hydrogen (secondary N) is 2. The molecule has 1 heterocycles. The summed E-state index contributed by atoms with van der Waals surface area (Å²) in [5, 5.41) is 5.80. The largest absolute Gasteiger partial charge is 0.486 e. The molecular weight excluding hydrogens is 278 g/mol. The maximum Gasteiger partial charge on any atom is 0.312 e. The lowest BCUT2D eigenvalue weighted by atomic mass is 10.2. The summed E-state index contributed by atoms with van der Waals surface area (Å²) in [6, 6.07) is 3.52. The number of rotatable bonds is 6. The molecule has 7 heteroatoms. The van der Waals surface area contributed by atoms with Gasteiger partial charge in [-0.05, 0) is 24.0 Å². The highest BCUT2D eigenvalue weighted by atomic mass is 32.2. The molecule has 0 atom stereocenters. The highest BCUT2D eigenvalue weighted by Gasteiger charge is 2.15. The van der Waals surface area contributed by atoms with Crippen molar-refractivity contribution in [3.63, 3.8) is 0 Å². The molecule has 4 N–H and O–H groups in total. The Morgan fingerprint density at radius 1 is 1.30 bits per heavy atom. The Labute approximate surface area is 122 Å². The molecule has 2 rings (SSSR count). The van der Waals surface area contributed by atoms with Crippen molar-refractivity contribution in [2.24, 2.45) is 5.73 Å². The van der Waals surface area contributed by atoms with Gasteiger partial charge in [-0.3, -0.25) is 0 Å². The predicted molar refractivity (Wildman–Crippen MR) is 78.5 cm³/mol. The molecule has 2 amide bonds. The van der Waals surface area contributed by atoms with E-state index in [2.05, 4.69) is 10.6 Å². The van der Waals surface area contributed by atoms with Crippen LogP contribution in [-0.2, 0) is 6.54 Å². The average Bonchev–Trinajstić information content (AvgIpc) is 2.45. The van der Waals surface area contributed by atoms with Gasteiger partial charge in [0.1, 0.15) is 13.2 Å². The van der Waals surface area contributed by atoms with Crippen molar-refractivity contribution in [1.82, 2.24) is 10.6 Å².